The normalized spacial score (nSPS) is 11.9. The standard InChI is InChI=1S/C14H18BrNO3/c1-2-3-7-12(14(18)19)16-13(17)9-10-5-4-6-11(15)8-10/h4-6,8,12H,2-3,7,9H2,1H3,(H,16,17)(H,18,19). The number of rotatable bonds is 7. The third kappa shape index (κ3) is 5.87. The molecular formula is C14H18BrNO3. The zero-order valence-corrected chi connectivity index (χ0v) is 12.4. The van der Waals surface area contributed by atoms with E-state index in [-0.39, 0.29) is 12.3 Å². The van der Waals surface area contributed by atoms with E-state index in [2.05, 4.69) is 21.2 Å². The molecule has 1 atom stereocenters. The average molecular weight is 328 g/mol. The van der Waals surface area contributed by atoms with Crippen LogP contribution in [0.1, 0.15) is 31.7 Å². The third-order valence-electron chi connectivity index (χ3n) is 2.73. The summed E-state index contributed by atoms with van der Waals surface area (Å²) >= 11 is 3.33. The fraction of sp³-hybridized carbons (Fsp3) is 0.429. The molecule has 0 aliphatic carbocycles. The topological polar surface area (TPSA) is 66.4 Å². The summed E-state index contributed by atoms with van der Waals surface area (Å²) in [7, 11) is 0. The number of unbranched alkanes of at least 4 members (excludes halogenated alkanes) is 1. The molecule has 2 N–H and O–H groups in total. The number of hydrogen-bond acceptors (Lipinski definition) is 2. The van der Waals surface area contributed by atoms with E-state index in [1.807, 2.05) is 31.2 Å². The van der Waals surface area contributed by atoms with Gasteiger partial charge in [0.2, 0.25) is 5.91 Å². The Morgan fingerprint density at radius 3 is 2.74 bits per heavy atom. The lowest BCUT2D eigenvalue weighted by Gasteiger charge is -2.14. The van der Waals surface area contributed by atoms with Crippen LogP contribution in [0.25, 0.3) is 0 Å². The molecule has 1 unspecified atom stereocenters. The van der Waals surface area contributed by atoms with E-state index in [1.54, 1.807) is 0 Å². The summed E-state index contributed by atoms with van der Waals surface area (Å²) in [6, 6.07) is 6.62. The minimum Gasteiger partial charge on any atom is -0.480 e. The number of nitrogens with one attached hydrogen (secondary N) is 1. The van der Waals surface area contributed by atoms with Gasteiger partial charge in [-0.2, -0.15) is 0 Å². The van der Waals surface area contributed by atoms with Crippen molar-refractivity contribution in [1.29, 1.82) is 0 Å². The number of carboxylic acids is 1. The Kier molecular flexibility index (Phi) is 6.56. The summed E-state index contributed by atoms with van der Waals surface area (Å²) in [5.74, 6) is -1.24. The van der Waals surface area contributed by atoms with E-state index in [1.165, 1.54) is 0 Å². The van der Waals surface area contributed by atoms with E-state index in [0.717, 1.165) is 22.9 Å². The maximum atomic E-state index is 11.8. The molecule has 0 saturated carbocycles. The van der Waals surface area contributed by atoms with Gasteiger partial charge >= 0.3 is 5.97 Å². The van der Waals surface area contributed by atoms with Gasteiger partial charge in [0, 0.05) is 4.47 Å². The Hall–Kier alpha value is -1.36. The van der Waals surface area contributed by atoms with Gasteiger partial charge in [-0.25, -0.2) is 4.79 Å². The second kappa shape index (κ2) is 7.94. The number of carbonyl (C=O) groups is 2. The molecule has 0 aliphatic rings. The third-order valence-corrected chi connectivity index (χ3v) is 3.23. The van der Waals surface area contributed by atoms with E-state index in [9.17, 15) is 9.59 Å². The second-order valence-electron chi connectivity index (χ2n) is 4.41. The first-order valence-corrected chi connectivity index (χ1v) is 7.09. The van der Waals surface area contributed by atoms with Crippen LogP contribution in [0.15, 0.2) is 28.7 Å². The molecule has 0 heterocycles. The smallest absolute Gasteiger partial charge is 0.326 e. The van der Waals surface area contributed by atoms with Gasteiger partial charge in [-0.15, -0.1) is 0 Å². The van der Waals surface area contributed by atoms with E-state index < -0.39 is 12.0 Å². The summed E-state index contributed by atoms with van der Waals surface area (Å²) in [6.07, 6.45) is 2.35. The van der Waals surface area contributed by atoms with Gasteiger partial charge < -0.3 is 10.4 Å². The van der Waals surface area contributed by atoms with Crippen molar-refractivity contribution < 1.29 is 14.7 Å². The number of benzene rings is 1. The molecule has 4 nitrogen and oxygen atoms in total. The van der Waals surface area contributed by atoms with E-state index in [4.69, 9.17) is 5.11 Å². The molecule has 1 aromatic carbocycles. The van der Waals surface area contributed by atoms with Gasteiger partial charge in [-0.05, 0) is 24.1 Å². The molecule has 1 rings (SSSR count). The van der Waals surface area contributed by atoms with Crippen LogP contribution in [0.5, 0.6) is 0 Å². The zero-order valence-electron chi connectivity index (χ0n) is 10.9. The zero-order chi connectivity index (χ0) is 14.3. The van der Waals surface area contributed by atoms with Crippen molar-refractivity contribution in [2.24, 2.45) is 0 Å². The summed E-state index contributed by atoms with van der Waals surface area (Å²) in [6.45, 7) is 1.99. The van der Waals surface area contributed by atoms with Gasteiger partial charge in [-0.3, -0.25) is 4.79 Å². The van der Waals surface area contributed by atoms with Crippen LogP contribution in [0, 0.1) is 0 Å². The summed E-state index contributed by atoms with van der Waals surface area (Å²) in [5.41, 5.74) is 0.853. The van der Waals surface area contributed by atoms with Crippen LogP contribution < -0.4 is 5.32 Å². The van der Waals surface area contributed by atoms with Gasteiger partial charge in [0.15, 0.2) is 0 Å². The van der Waals surface area contributed by atoms with Crippen molar-refractivity contribution in [1.82, 2.24) is 5.32 Å². The maximum Gasteiger partial charge on any atom is 0.326 e. The Labute approximate surface area is 121 Å². The van der Waals surface area contributed by atoms with Crippen LogP contribution in [0.4, 0.5) is 0 Å². The molecule has 0 aromatic heterocycles. The molecule has 1 aromatic rings. The van der Waals surface area contributed by atoms with Crippen LogP contribution in [0.2, 0.25) is 0 Å². The molecule has 5 heteroatoms. The van der Waals surface area contributed by atoms with Crippen molar-refractivity contribution >= 4 is 27.8 Å². The number of halogens is 1. The van der Waals surface area contributed by atoms with Crippen molar-refractivity contribution in [3.05, 3.63) is 34.3 Å². The Balaban J connectivity index is 2.55. The summed E-state index contributed by atoms with van der Waals surface area (Å²) in [4.78, 5) is 22.8. The van der Waals surface area contributed by atoms with E-state index in [0.29, 0.717) is 6.42 Å². The van der Waals surface area contributed by atoms with Crippen LogP contribution in [-0.4, -0.2) is 23.0 Å². The van der Waals surface area contributed by atoms with Gasteiger partial charge in [-0.1, -0.05) is 47.8 Å². The number of carboxylic acid groups (broad SMARTS) is 1. The van der Waals surface area contributed by atoms with Crippen molar-refractivity contribution in [2.45, 2.75) is 38.6 Å². The molecule has 0 spiro atoms. The molecule has 19 heavy (non-hydrogen) atoms. The largest absolute Gasteiger partial charge is 0.480 e. The second-order valence-corrected chi connectivity index (χ2v) is 5.32. The number of aliphatic carboxylic acids is 1. The first-order valence-electron chi connectivity index (χ1n) is 6.29. The molecule has 0 radical (unpaired) electrons. The van der Waals surface area contributed by atoms with Crippen molar-refractivity contribution in [3.63, 3.8) is 0 Å². The number of hydrogen-bond donors (Lipinski definition) is 2. The lowest BCUT2D eigenvalue weighted by atomic mass is 10.1. The lowest BCUT2D eigenvalue weighted by molar-refractivity contribution is -0.142. The minimum atomic E-state index is -0.976. The minimum absolute atomic E-state index is 0.190. The highest BCUT2D eigenvalue weighted by Gasteiger charge is 2.19. The average Bonchev–Trinajstić information content (AvgIpc) is 2.34. The maximum absolute atomic E-state index is 11.8. The highest BCUT2D eigenvalue weighted by Crippen LogP contribution is 2.12. The SMILES string of the molecule is CCCCC(NC(=O)Cc1cccc(Br)c1)C(=O)O. The van der Waals surface area contributed by atoms with Gasteiger partial charge in [0.05, 0.1) is 6.42 Å². The highest BCUT2D eigenvalue weighted by molar-refractivity contribution is 9.10. The molecular weight excluding hydrogens is 310 g/mol. The Morgan fingerprint density at radius 2 is 2.16 bits per heavy atom. The molecule has 0 bridgehead atoms. The molecule has 1 amide bonds. The summed E-state index contributed by atoms with van der Waals surface area (Å²) < 4.78 is 0.901. The number of amides is 1. The fourth-order valence-electron chi connectivity index (χ4n) is 1.74. The molecule has 104 valence electrons. The Morgan fingerprint density at radius 1 is 1.42 bits per heavy atom. The van der Waals surface area contributed by atoms with E-state index >= 15 is 0 Å². The van der Waals surface area contributed by atoms with Crippen LogP contribution >= 0.6 is 15.9 Å². The highest BCUT2D eigenvalue weighted by atomic mass is 79.9. The Bertz CT molecular complexity index is 448. The monoisotopic (exact) mass is 327 g/mol. The molecule has 0 saturated heterocycles. The first kappa shape index (κ1) is 15.7. The van der Waals surface area contributed by atoms with Crippen LogP contribution in [0.3, 0.4) is 0 Å². The van der Waals surface area contributed by atoms with Gasteiger partial charge in [0.1, 0.15) is 6.04 Å². The molecule has 0 aliphatic heterocycles. The predicted molar refractivity (Wildman–Crippen MR) is 76.9 cm³/mol. The predicted octanol–water partition coefficient (Wildman–Crippen LogP) is 2.75. The fourth-order valence-corrected chi connectivity index (χ4v) is 2.19. The van der Waals surface area contributed by atoms with Crippen LogP contribution in [-0.2, 0) is 16.0 Å². The first-order chi connectivity index (χ1) is 9.02. The van der Waals surface area contributed by atoms with Crippen molar-refractivity contribution in [3.8, 4) is 0 Å². The van der Waals surface area contributed by atoms with Gasteiger partial charge in [0.25, 0.3) is 0 Å². The van der Waals surface area contributed by atoms with Crippen molar-refractivity contribution in [2.75, 3.05) is 0 Å². The number of carbonyl (C=O) groups excluding carboxylic acids is 1. The lowest BCUT2D eigenvalue weighted by Crippen LogP contribution is -2.41. The summed E-state index contributed by atoms with van der Waals surface area (Å²) in [5, 5.41) is 11.6. The molecule has 0 fully saturated rings. The quantitative estimate of drug-likeness (QED) is 0.809.